The summed E-state index contributed by atoms with van der Waals surface area (Å²) in [7, 11) is 0. The van der Waals surface area contributed by atoms with Gasteiger partial charge in [0.15, 0.2) is 11.2 Å². The fourth-order valence-electron chi connectivity index (χ4n) is 3.70. The van der Waals surface area contributed by atoms with Gasteiger partial charge in [-0.05, 0) is 49.9 Å². The molecule has 2 aromatic heterocycles. The second-order valence-electron chi connectivity index (χ2n) is 7.17. The summed E-state index contributed by atoms with van der Waals surface area (Å²) in [6.45, 7) is 4.33. The number of rotatable bonds is 5. The molecule has 1 N–H and O–H groups in total. The molecule has 1 aromatic carbocycles. The normalized spacial score (nSPS) is 14.9. The molecular weight excluding hydrogens is 347 g/mol. The van der Waals surface area contributed by atoms with E-state index in [4.69, 9.17) is 9.72 Å². The molecule has 0 atom stereocenters. The van der Waals surface area contributed by atoms with Gasteiger partial charge in [-0.2, -0.15) is 4.98 Å². The highest BCUT2D eigenvalue weighted by molar-refractivity contribution is 5.70. The Labute approximate surface area is 156 Å². The number of nitrogens with one attached hydrogen (secondary N) is 1. The minimum absolute atomic E-state index is 0.185. The van der Waals surface area contributed by atoms with Crippen molar-refractivity contribution in [2.75, 3.05) is 0 Å². The first-order valence-corrected chi connectivity index (χ1v) is 9.51. The van der Waals surface area contributed by atoms with Gasteiger partial charge in [-0.3, -0.25) is 9.36 Å². The monoisotopic (exact) mass is 370 g/mol. The van der Waals surface area contributed by atoms with Crippen molar-refractivity contribution in [3.63, 3.8) is 0 Å². The van der Waals surface area contributed by atoms with Gasteiger partial charge in [0.1, 0.15) is 17.4 Å². The van der Waals surface area contributed by atoms with Crippen molar-refractivity contribution < 1.29 is 9.13 Å². The van der Waals surface area contributed by atoms with Crippen molar-refractivity contribution in [1.29, 1.82) is 0 Å². The van der Waals surface area contributed by atoms with Crippen LogP contribution in [0, 0.1) is 12.7 Å². The molecule has 0 unspecified atom stereocenters. The van der Waals surface area contributed by atoms with Crippen molar-refractivity contribution in [3.05, 3.63) is 45.8 Å². The molecule has 1 saturated carbocycles. The van der Waals surface area contributed by atoms with Gasteiger partial charge in [-0.1, -0.05) is 19.8 Å². The molecule has 4 rings (SSSR count). The van der Waals surface area contributed by atoms with E-state index in [9.17, 15) is 9.18 Å². The van der Waals surface area contributed by atoms with E-state index in [1.165, 1.54) is 25.0 Å². The Morgan fingerprint density at radius 3 is 2.78 bits per heavy atom. The second kappa shape index (κ2) is 7.13. The van der Waals surface area contributed by atoms with Crippen LogP contribution in [-0.4, -0.2) is 19.5 Å². The third kappa shape index (κ3) is 3.34. The second-order valence-corrected chi connectivity index (χ2v) is 7.17. The third-order valence-electron chi connectivity index (χ3n) is 5.13. The Hall–Kier alpha value is -2.70. The van der Waals surface area contributed by atoms with Crippen LogP contribution in [0.1, 0.15) is 56.3 Å². The summed E-state index contributed by atoms with van der Waals surface area (Å²) in [4.78, 5) is 24.6. The number of aromatic nitrogens is 4. The molecule has 7 heteroatoms. The van der Waals surface area contributed by atoms with Crippen molar-refractivity contribution in [2.45, 2.75) is 58.4 Å². The number of aromatic amines is 1. The number of fused-ring (bicyclic) bond motifs is 1. The average molecular weight is 370 g/mol. The molecule has 142 valence electrons. The van der Waals surface area contributed by atoms with E-state index >= 15 is 0 Å². The molecule has 1 fully saturated rings. The van der Waals surface area contributed by atoms with Crippen LogP contribution in [-0.2, 0) is 6.54 Å². The number of benzene rings is 1. The van der Waals surface area contributed by atoms with Crippen molar-refractivity contribution >= 4 is 11.2 Å². The van der Waals surface area contributed by atoms with Crippen molar-refractivity contribution in [2.24, 2.45) is 0 Å². The first-order chi connectivity index (χ1) is 13.1. The SMILES string of the molecule is CCCn1c(Oc2ccc(F)c(C)c2)nc(=O)c2[nH]c(C3CCCC3)nc21. The number of nitrogens with zero attached hydrogens (tertiary/aromatic N) is 3. The van der Waals surface area contributed by atoms with Gasteiger partial charge < -0.3 is 9.72 Å². The van der Waals surface area contributed by atoms with Crippen molar-refractivity contribution in [3.8, 4) is 11.8 Å². The summed E-state index contributed by atoms with van der Waals surface area (Å²) in [5, 5.41) is 0. The van der Waals surface area contributed by atoms with E-state index in [0.717, 1.165) is 25.1 Å². The molecule has 0 radical (unpaired) electrons. The number of halogens is 1. The molecule has 0 amide bonds. The van der Waals surface area contributed by atoms with Crippen molar-refractivity contribution in [1.82, 2.24) is 19.5 Å². The zero-order valence-electron chi connectivity index (χ0n) is 15.6. The number of hydrogen-bond donors (Lipinski definition) is 1. The summed E-state index contributed by atoms with van der Waals surface area (Å²) >= 11 is 0. The van der Waals surface area contributed by atoms with E-state index in [1.807, 2.05) is 11.5 Å². The maximum atomic E-state index is 13.5. The summed E-state index contributed by atoms with van der Waals surface area (Å²) in [6, 6.07) is 4.66. The lowest BCUT2D eigenvalue weighted by Crippen LogP contribution is -2.16. The number of aryl methyl sites for hydroxylation is 2. The minimum Gasteiger partial charge on any atom is -0.425 e. The van der Waals surface area contributed by atoms with Gasteiger partial charge in [-0.25, -0.2) is 9.37 Å². The Balaban J connectivity index is 1.80. The lowest BCUT2D eigenvalue weighted by Gasteiger charge is -2.13. The molecule has 27 heavy (non-hydrogen) atoms. The van der Waals surface area contributed by atoms with E-state index < -0.39 is 0 Å². The number of imidazole rings is 1. The van der Waals surface area contributed by atoms with Crippen LogP contribution in [0.2, 0.25) is 0 Å². The summed E-state index contributed by atoms with van der Waals surface area (Å²) in [6.07, 6.45) is 5.40. The first-order valence-electron chi connectivity index (χ1n) is 9.51. The van der Waals surface area contributed by atoms with Crippen LogP contribution in [0.25, 0.3) is 11.2 Å². The highest BCUT2D eigenvalue weighted by atomic mass is 19.1. The molecule has 0 bridgehead atoms. The fraction of sp³-hybridized carbons (Fsp3) is 0.450. The van der Waals surface area contributed by atoms with Gasteiger partial charge in [0.25, 0.3) is 0 Å². The Bertz CT molecular complexity index is 1030. The Morgan fingerprint density at radius 2 is 2.07 bits per heavy atom. The fourth-order valence-corrected chi connectivity index (χ4v) is 3.70. The minimum atomic E-state index is -0.386. The molecule has 0 saturated heterocycles. The zero-order valence-corrected chi connectivity index (χ0v) is 15.6. The molecule has 3 aromatic rings. The van der Waals surface area contributed by atoms with Gasteiger partial charge in [0, 0.05) is 12.5 Å². The summed E-state index contributed by atoms with van der Waals surface area (Å²) in [5.74, 6) is 1.37. The van der Waals surface area contributed by atoms with Crippen LogP contribution in [0.15, 0.2) is 23.0 Å². The topological polar surface area (TPSA) is 72.8 Å². The Kier molecular flexibility index (Phi) is 4.68. The summed E-state index contributed by atoms with van der Waals surface area (Å²) in [5.41, 5.74) is 1.09. The number of H-pyrrole nitrogens is 1. The smallest absolute Gasteiger partial charge is 0.307 e. The predicted octanol–water partition coefficient (Wildman–Crippen LogP) is 4.43. The maximum absolute atomic E-state index is 13.5. The molecule has 6 nitrogen and oxygen atoms in total. The predicted molar refractivity (Wildman–Crippen MR) is 101 cm³/mol. The number of ether oxygens (including phenoxy) is 1. The van der Waals surface area contributed by atoms with E-state index in [2.05, 4.69) is 9.97 Å². The van der Waals surface area contributed by atoms with Crippen LogP contribution in [0.3, 0.4) is 0 Å². The largest absolute Gasteiger partial charge is 0.425 e. The average Bonchev–Trinajstić information content (AvgIpc) is 3.31. The standard InChI is InChI=1S/C20H23FN4O2/c1-3-10-25-18-16(22-17(23-18)13-6-4-5-7-13)19(26)24-20(25)27-14-8-9-15(21)12(2)11-14/h8-9,11,13H,3-7,10H2,1-2H3,(H,22,23). The van der Waals surface area contributed by atoms with Crippen LogP contribution in [0.4, 0.5) is 4.39 Å². The molecule has 0 aliphatic heterocycles. The molecule has 2 heterocycles. The zero-order chi connectivity index (χ0) is 19.0. The number of hydrogen-bond acceptors (Lipinski definition) is 4. The molecule has 0 spiro atoms. The lowest BCUT2D eigenvalue weighted by atomic mass is 10.1. The quantitative estimate of drug-likeness (QED) is 0.721. The van der Waals surface area contributed by atoms with E-state index in [0.29, 0.717) is 34.9 Å². The van der Waals surface area contributed by atoms with Crippen LogP contribution in [0.5, 0.6) is 11.8 Å². The van der Waals surface area contributed by atoms with Crippen LogP contribution < -0.4 is 10.3 Å². The summed E-state index contributed by atoms with van der Waals surface area (Å²) < 4.78 is 21.2. The van der Waals surface area contributed by atoms with Gasteiger partial charge in [0.05, 0.1) is 0 Å². The van der Waals surface area contributed by atoms with Gasteiger partial charge in [-0.15, -0.1) is 0 Å². The van der Waals surface area contributed by atoms with Gasteiger partial charge in [0.2, 0.25) is 0 Å². The molecular formula is C20H23FN4O2. The third-order valence-corrected chi connectivity index (χ3v) is 5.13. The molecule has 1 aliphatic carbocycles. The highest BCUT2D eigenvalue weighted by Crippen LogP contribution is 2.33. The lowest BCUT2D eigenvalue weighted by molar-refractivity contribution is 0.402. The van der Waals surface area contributed by atoms with Crippen LogP contribution >= 0.6 is 0 Å². The first kappa shape index (κ1) is 17.7. The Morgan fingerprint density at radius 1 is 1.30 bits per heavy atom. The highest BCUT2D eigenvalue weighted by Gasteiger charge is 2.23. The maximum Gasteiger partial charge on any atom is 0.307 e. The van der Waals surface area contributed by atoms with E-state index in [-0.39, 0.29) is 17.4 Å². The van der Waals surface area contributed by atoms with E-state index in [1.54, 1.807) is 13.0 Å². The molecule has 1 aliphatic rings. The van der Waals surface area contributed by atoms with Gasteiger partial charge >= 0.3 is 11.6 Å².